The molecule has 5 nitrogen and oxygen atoms in total. The molecule has 112 valence electrons. The number of ether oxygens (including phenoxy) is 2. The Hall–Kier alpha value is -1.82. The minimum atomic E-state index is 0.692. The van der Waals surface area contributed by atoms with Crippen molar-refractivity contribution in [3.63, 3.8) is 0 Å². The average molecular weight is 352 g/mol. The van der Waals surface area contributed by atoms with Gasteiger partial charge < -0.3 is 14.8 Å². The van der Waals surface area contributed by atoms with Gasteiger partial charge >= 0.3 is 0 Å². The molecule has 0 amide bonds. The third kappa shape index (κ3) is 3.10. The Balaban J connectivity index is 2.63. The van der Waals surface area contributed by atoms with Gasteiger partial charge in [0.15, 0.2) is 0 Å². The first kappa shape index (κ1) is 15.6. The fraction of sp³-hybridized carbons (Fsp3) is 0.333. The van der Waals surface area contributed by atoms with Gasteiger partial charge in [-0.05, 0) is 28.1 Å². The fourth-order valence-corrected chi connectivity index (χ4v) is 2.69. The number of methoxy groups -OCH3 is 2. The van der Waals surface area contributed by atoms with Crippen LogP contribution in [0.25, 0.3) is 11.3 Å². The minimum Gasteiger partial charge on any atom is -0.495 e. The SMILES string of the molecule is CCc1nc(NC)cc(-c2ccc(OC)c(Br)c2OC)n1. The van der Waals surface area contributed by atoms with Gasteiger partial charge in [0.1, 0.15) is 27.6 Å². The summed E-state index contributed by atoms with van der Waals surface area (Å²) in [6, 6.07) is 5.72. The van der Waals surface area contributed by atoms with Crippen molar-refractivity contribution in [2.24, 2.45) is 0 Å². The molecule has 21 heavy (non-hydrogen) atoms. The Bertz CT molecular complexity index is 625. The van der Waals surface area contributed by atoms with Crippen LogP contribution in [0.5, 0.6) is 11.5 Å². The second-order valence-corrected chi connectivity index (χ2v) is 5.11. The van der Waals surface area contributed by atoms with E-state index < -0.39 is 0 Å². The van der Waals surface area contributed by atoms with Gasteiger partial charge in [0.05, 0.1) is 19.9 Å². The van der Waals surface area contributed by atoms with Crippen molar-refractivity contribution in [1.82, 2.24) is 9.97 Å². The summed E-state index contributed by atoms with van der Waals surface area (Å²) in [5.74, 6) is 2.98. The molecule has 0 aliphatic heterocycles. The molecule has 0 spiro atoms. The predicted molar refractivity (Wildman–Crippen MR) is 87.2 cm³/mol. The predicted octanol–water partition coefficient (Wildman–Crippen LogP) is 3.53. The first-order chi connectivity index (χ1) is 10.1. The van der Waals surface area contributed by atoms with Crippen molar-refractivity contribution >= 4 is 21.7 Å². The van der Waals surface area contributed by atoms with Crippen molar-refractivity contribution in [2.45, 2.75) is 13.3 Å². The van der Waals surface area contributed by atoms with Crippen LogP contribution in [0.4, 0.5) is 5.82 Å². The van der Waals surface area contributed by atoms with Gasteiger partial charge in [0, 0.05) is 25.1 Å². The lowest BCUT2D eigenvalue weighted by Crippen LogP contribution is -2.02. The van der Waals surface area contributed by atoms with Gasteiger partial charge in [-0.3, -0.25) is 0 Å². The van der Waals surface area contributed by atoms with Gasteiger partial charge in [-0.1, -0.05) is 6.92 Å². The molecule has 0 saturated heterocycles. The van der Waals surface area contributed by atoms with Crippen LogP contribution < -0.4 is 14.8 Å². The second-order valence-electron chi connectivity index (χ2n) is 4.32. The second kappa shape index (κ2) is 6.76. The van der Waals surface area contributed by atoms with E-state index in [9.17, 15) is 0 Å². The van der Waals surface area contributed by atoms with Crippen LogP contribution in [0, 0.1) is 0 Å². The maximum Gasteiger partial charge on any atom is 0.146 e. The molecule has 0 saturated carbocycles. The monoisotopic (exact) mass is 351 g/mol. The van der Waals surface area contributed by atoms with Crippen molar-refractivity contribution in [2.75, 3.05) is 26.6 Å². The largest absolute Gasteiger partial charge is 0.495 e. The van der Waals surface area contributed by atoms with E-state index in [1.807, 2.05) is 32.2 Å². The zero-order valence-electron chi connectivity index (χ0n) is 12.5. The first-order valence-electron chi connectivity index (χ1n) is 6.61. The number of anilines is 1. The number of aryl methyl sites for hydroxylation is 1. The van der Waals surface area contributed by atoms with Crippen LogP contribution in [0.1, 0.15) is 12.7 Å². The smallest absolute Gasteiger partial charge is 0.146 e. The maximum absolute atomic E-state index is 5.51. The lowest BCUT2D eigenvalue weighted by molar-refractivity contribution is 0.390. The molecule has 0 bridgehead atoms. The van der Waals surface area contributed by atoms with Gasteiger partial charge in [-0.15, -0.1) is 0 Å². The van der Waals surface area contributed by atoms with E-state index in [2.05, 4.69) is 31.2 Å². The quantitative estimate of drug-likeness (QED) is 0.892. The van der Waals surface area contributed by atoms with E-state index >= 15 is 0 Å². The highest BCUT2D eigenvalue weighted by atomic mass is 79.9. The number of aromatic nitrogens is 2. The molecule has 0 unspecified atom stereocenters. The van der Waals surface area contributed by atoms with Crippen LogP contribution in [0.2, 0.25) is 0 Å². The Morgan fingerprint density at radius 3 is 2.52 bits per heavy atom. The van der Waals surface area contributed by atoms with Crippen molar-refractivity contribution in [3.8, 4) is 22.8 Å². The molecule has 0 aliphatic rings. The Morgan fingerprint density at radius 1 is 1.19 bits per heavy atom. The first-order valence-corrected chi connectivity index (χ1v) is 7.40. The maximum atomic E-state index is 5.51. The zero-order chi connectivity index (χ0) is 15.4. The van der Waals surface area contributed by atoms with E-state index in [4.69, 9.17) is 9.47 Å². The minimum absolute atomic E-state index is 0.692. The fourth-order valence-electron chi connectivity index (χ4n) is 2.02. The lowest BCUT2D eigenvalue weighted by Gasteiger charge is -2.14. The molecule has 0 atom stereocenters. The summed E-state index contributed by atoms with van der Waals surface area (Å²) in [7, 11) is 5.09. The Morgan fingerprint density at radius 2 is 1.95 bits per heavy atom. The van der Waals surface area contributed by atoms with Crippen LogP contribution in [0.15, 0.2) is 22.7 Å². The number of benzene rings is 1. The van der Waals surface area contributed by atoms with Crippen LogP contribution in [-0.4, -0.2) is 31.2 Å². The van der Waals surface area contributed by atoms with E-state index in [0.717, 1.165) is 33.8 Å². The van der Waals surface area contributed by atoms with E-state index in [0.29, 0.717) is 11.5 Å². The van der Waals surface area contributed by atoms with E-state index in [1.54, 1.807) is 14.2 Å². The van der Waals surface area contributed by atoms with Crippen molar-refractivity contribution < 1.29 is 9.47 Å². The molecule has 1 heterocycles. The lowest BCUT2D eigenvalue weighted by atomic mass is 10.1. The third-order valence-electron chi connectivity index (χ3n) is 3.11. The third-order valence-corrected chi connectivity index (χ3v) is 3.86. The van der Waals surface area contributed by atoms with Gasteiger partial charge in [-0.2, -0.15) is 0 Å². The number of rotatable bonds is 5. The molecule has 2 rings (SSSR count). The number of hydrogen-bond donors (Lipinski definition) is 1. The highest BCUT2D eigenvalue weighted by Crippen LogP contribution is 2.41. The molecular formula is C15H18BrN3O2. The molecule has 1 N–H and O–H groups in total. The standard InChI is InChI=1S/C15H18BrN3O2/c1-5-12-18-10(8-13(17-2)19-12)9-6-7-11(20-3)14(16)15(9)21-4/h6-8H,5H2,1-4H3,(H,17,18,19). The van der Waals surface area contributed by atoms with Gasteiger partial charge in [0.2, 0.25) is 0 Å². The molecule has 0 fully saturated rings. The summed E-state index contributed by atoms with van der Waals surface area (Å²) in [6.45, 7) is 2.03. The van der Waals surface area contributed by atoms with E-state index in [-0.39, 0.29) is 0 Å². The Kier molecular flexibility index (Phi) is 5.01. The summed E-state index contributed by atoms with van der Waals surface area (Å²) >= 11 is 3.51. The highest BCUT2D eigenvalue weighted by molar-refractivity contribution is 9.10. The molecule has 1 aromatic heterocycles. The molecule has 2 aromatic rings. The summed E-state index contributed by atoms with van der Waals surface area (Å²) in [4.78, 5) is 8.99. The number of hydrogen-bond acceptors (Lipinski definition) is 5. The van der Waals surface area contributed by atoms with E-state index in [1.165, 1.54) is 0 Å². The number of nitrogens with one attached hydrogen (secondary N) is 1. The van der Waals surface area contributed by atoms with Gasteiger partial charge in [-0.25, -0.2) is 9.97 Å². The Labute approximate surface area is 132 Å². The zero-order valence-corrected chi connectivity index (χ0v) is 14.1. The summed E-state index contributed by atoms with van der Waals surface area (Å²) in [5, 5.41) is 3.06. The molecular weight excluding hydrogens is 334 g/mol. The van der Waals surface area contributed by atoms with Crippen molar-refractivity contribution in [1.29, 1.82) is 0 Å². The van der Waals surface area contributed by atoms with Gasteiger partial charge in [0.25, 0.3) is 0 Å². The molecule has 6 heteroatoms. The number of halogens is 1. The van der Waals surface area contributed by atoms with Crippen LogP contribution >= 0.6 is 15.9 Å². The summed E-state index contributed by atoms with van der Waals surface area (Å²) < 4.78 is 11.6. The van der Waals surface area contributed by atoms with Crippen LogP contribution in [-0.2, 0) is 6.42 Å². The van der Waals surface area contributed by atoms with Crippen LogP contribution in [0.3, 0.4) is 0 Å². The molecule has 1 aromatic carbocycles. The molecule has 0 aliphatic carbocycles. The number of nitrogens with zero attached hydrogens (tertiary/aromatic N) is 2. The highest BCUT2D eigenvalue weighted by Gasteiger charge is 2.16. The average Bonchev–Trinajstić information content (AvgIpc) is 2.53. The van der Waals surface area contributed by atoms with Crippen molar-refractivity contribution in [3.05, 3.63) is 28.5 Å². The molecule has 0 radical (unpaired) electrons. The summed E-state index contributed by atoms with van der Waals surface area (Å²) in [6.07, 6.45) is 0.766. The summed E-state index contributed by atoms with van der Waals surface area (Å²) in [5.41, 5.74) is 1.70. The normalized spacial score (nSPS) is 10.3. The topological polar surface area (TPSA) is 56.3 Å².